The zero-order chi connectivity index (χ0) is 17.1. The molecule has 0 spiro atoms. The lowest BCUT2D eigenvalue weighted by Gasteiger charge is -2.19. The summed E-state index contributed by atoms with van der Waals surface area (Å²) >= 11 is 12.1. The lowest BCUT2D eigenvalue weighted by Crippen LogP contribution is -3.13. The van der Waals surface area contributed by atoms with E-state index < -0.39 is 0 Å². The molecule has 2 N–H and O–H groups in total. The normalized spacial score (nSPS) is 15.1. The lowest BCUT2D eigenvalue weighted by atomic mass is 10.2. The fourth-order valence-corrected chi connectivity index (χ4v) is 3.08. The van der Waals surface area contributed by atoms with Gasteiger partial charge in [0.15, 0.2) is 6.54 Å². The first kappa shape index (κ1) is 17.2. The van der Waals surface area contributed by atoms with Crippen LogP contribution in [0.5, 0.6) is 0 Å². The molecule has 0 saturated heterocycles. The number of carbonyl (C=O) groups excluding carboxylic acids is 1. The number of quaternary nitrogens is 1. The van der Waals surface area contributed by atoms with Gasteiger partial charge in [-0.25, -0.2) is 4.39 Å². The Bertz CT molecular complexity index is 750. The van der Waals surface area contributed by atoms with Crippen LogP contribution in [0.15, 0.2) is 42.5 Å². The van der Waals surface area contributed by atoms with Crippen LogP contribution in [0.25, 0.3) is 0 Å². The molecule has 0 bridgehead atoms. The zero-order valence-electron chi connectivity index (χ0n) is 13.0. The minimum atomic E-state index is -0.228. The molecule has 24 heavy (non-hydrogen) atoms. The van der Waals surface area contributed by atoms with Crippen molar-refractivity contribution >= 4 is 34.8 Å². The van der Waals surface area contributed by atoms with E-state index in [1.165, 1.54) is 6.07 Å². The van der Waals surface area contributed by atoms with Crippen molar-refractivity contribution in [1.82, 2.24) is 0 Å². The molecule has 3 rings (SSSR count). The smallest absolute Gasteiger partial charge is 0.279 e. The number of rotatable bonds is 6. The van der Waals surface area contributed by atoms with Gasteiger partial charge in [0, 0.05) is 18.4 Å². The van der Waals surface area contributed by atoms with Crippen molar-refractivity contribution in [3.05, 3.63) is 63.9 Å². The Morgan fingerprint density at radius 2 is 1.92 bits per heavy atom. The predicted molar refractivity (Wildman–Crippen MR) is 94.0 cm³/mol. The highest BCUT2D eigenvalue weighted by atomic mass is 35.5. The van der Waals surface area contributed by atoms with Gasteiger partial charge in [0.1, 0.15) is 12.4 Å². The number of carbonyl (C=O) groups is 1. The summed E-state index contributed by atoms with van der Waals surface area (Å²) in [7, 11) is 0. The third kappa shape index (κ3) is 4.26. The molecule has 2 aromatic carbocycles. The summed E-state index contributed by atoms with van der Waals surface area (Å²) in [5, 5.41) is 3.52. The average molecular weight is 368 g/mol. The van der Waals surface area contributed by atoms with E-state index in [0.717, 1.165) is 17.7 Å². The standard InChI is InChI=1S/C18H17Cl2FN2O/c19-14-5-3-7-16(18(14)20)22-17(24)11-23(13-8-9-13)10-12-4-1-2-6-15(12)21/h1-7,13H,8-11H2,(H,22,24)/p+1. The van der Waals surface area contributed by atoms with Crippen LogP contribution in [0.4, 0.5) is 10.1 Å². The van der Waals surface area contributed by atoms with Gasteiger partial charge < -0.3 is 10.2 Å². The van der Waals surface area contributed by atoms with Gasteiger partial charge in [-0.2, -0.15) is 0 Å². The van der Waals surface area contributed by atoms with Gasteiger partial charge in [0.05, 0.1) is 21.8 Å². The summed E-state index contributed by atoms with van der Waals surface area (Å²) in [5.74, 6) is -0.383. The summed E-state index contributed by atoms with van der Waals surface area (Å²) in [6.45, 7) is 0.760. The van der Waals surface area contributed by atoms with E-state index >= 15 is 0 Å². The molecule has 1 aliphatic rings. The summed E-state index contributed by atoms with van der Waals surface area (Å²) in [4.78, 5) is 13.4. The van der Waals surface area contributed by atoms with Crippen LogP contribution >= 0.6 is 23.2 Å². The first-order chi connectivity index (χ1) is 11.5. The van der Waals surface area contributed by atoms with Crippen LogP contribution in [0.3, 0.4) is 0 Å². The van der Waals surface area contributed by atoms with Crippen molar-refractivity contribution in [2.75, 3.05) is 11.9 Å². The maximum atomic E-state index is 13.9. The minimum absolute atomic E-state index is 0.155. The highest BCUT2D eigenvalue weighted by molar-refractivity contribution is 6.43. The van der Waals surface area contributed by atoms with E-state index in [-0.39, 0.29) is 18.3 Å². The number of benzene rings is 2. The van der Waals surface area contributed by atoms with E-state index in [2.05, 4.69) is 5.32 Å². The molecule has 0 heterocycles. The van der Waals surface area contributed by atoms with E-state index in [1.807, 2.05) is 6.07 Å². The highest BCUT2D eigenvalue weighted by Crippen LogP contribution is 2.29. The molecule has 1 atom stereocenters. The first-order valence-corrected chi connectivity index (χ1v) is 8.62. The van der Waals surface area contributed by atoms with Crippen LogP contribution < -0.4 is 10.2 Å². The predicted octanol–water partition coefficient (Wildman–Crippen LogP) is 3.32. The summed E-state index contributed by atoms with van der Waals surface area (Å²) in [6, 6.07) is 12.2. The molecule has 6 heteroatoms. The second kappa shape index (κ2) is 7.51. The van der Waals surface area contributed by atoms with Crippen LogP contribution in [0.1, 0.15) is 18.4 Å². The topological polar surface area (TPSA) is 33.5 Å². The number of hydrogen-bond donors (Lipinski definition) is 2. The van der Waals surface area contributed by atoms with Gasteiger partial charge >= 0.3 is 0 Å². The van der Waals surface area contributed by atoms with E-state index in [1.54, 1.807) is 30.3 Å². The molecule has 1 saturated carbocycles. The quantitative estimate of drug-likeness (QED) is 0.806. The molecule has 0 aromatic heterocycles. The van der Waals surface area contributed by atoms with E-state index in [9.17, 15) is 9.18 Å². The second-order valence-electron chi connectivity index (χ2n) is 6.03. The molecule has 0 radical (unpaired) electrons. The molecule has 1 amide bonds. The minimum Gasteiger partial charge on any atom is -0.321 e. The van der Waals surface area contributed by atoms with Crippen molar-refractivity contribution in [3.63, 3.8) is 0 Å². The Labute approximate surface area is 150 Å². The number of hydrogen-bond acceptors (Lipinski definition) is 1. The van der Waals surface area contributed by atoms with Crippen LogP contribution in [0.2, 0.25) is 10.0 Å². The Morgan fingerprint density at radius 3 is 2.62 bits per heavy atom. The molecule has 1 aliphatic carbocycles. The summed E-state index contributed by atoms with van der Waals surface area (Å²) in [6.07, 6.45) is 2.13. The molecule has 0 aliphatic heterocycles. The molecule has 2 aromatic rings. The van der Waals surface area contributed by atoms with Crippen molar-refractivity contribution in [1.29, 1.82) is 0 Å². The molecular formula is C18H18Cl2FN2O+. The zero-order valence-corrected chi connectivity index (χ0v) is 14.5. The second-order valence-corrected chi connectivity index (χ2v) is 6.81. The van der Waals surface area contributed by atoms with Gasteiger partial charge in [-0.1, -0.05) is 47.5 Å². The number of halogens is 3. The van der Waals surface area contributed by atoms with Gasteiger partial charge in [0.2, 0.25) is 0 Å². The average Bonchev–Trinajstić information content (AvgIpc) is 3.38. The molecule has 3 nitrogen and oxygen atoms in total. The summed E-state index contributed by atoms with van der Waals surface area (Å²) < 4.78 is 13.9. The largest absolute Gasteiger partial charge is 0.321 e. The molecule has 1 unspecified atom stereocenters. The highest BCUT2D eigenvalue weighted by Gasteiger charge is 2.35. The van der Waals surface area contributed by atoms with Crippen molar-refractivity contribution < 1.29 is 14.1 Å². The maximum Gasteiger partial charge on any atom is 0.279 e. The Balaban J connectivity index is 1.66. The molecule has 126 valence electrons. The molecule has 1 fully saturated rings. The van der Waals surface area contributed by atoms with E-state index in [0.29, 0.717) is 33.9 Å². The van der Waals surface area contributed by atoms with Gasteiger partial charge in [-0.05, 0) is 18.2 Å². The Morgan fingerprint density at radius 1 is 1.17 bits per heavy atom. The number of nitrogens with one attached hydrogen (secondary N) is 2. The van der Waals surface area contributed by atoms with Crippen LogP contribution in [-0.4, -0.2) is 18.5 Å². The van der Waals surface area contributed by atoms with Crippen molar-refractivity contribution in [2.45, 2.75) is 25.4 Å². The van der Waals surface area contributed by atoms with Crippen molar-refractivity contribution in [3.8, 4) is 0 Å². The number of amides is 1. The fraction of sp³-hybridized carbons (Fsp3) is 0.278. The number of anilines is 1. The Hall–Kier alpha value is -1.62. The van der Waals surface area contributed by atoms with E-state index in [4.69, 9.17) is 23.2 Å². The van der Waals surface area contributed by atoms with Gasteiger partial charge in [-0.3, -0.25) is 4.79 Å². The lowest BCUT2D eigenvalue weighted by molar-refractivity contribution is -0.917. The Kier molecular flexibility index (Phi) is 5.39. The third-order valence-electron chi connectivity index (χ3n) is 4.14. The SMILES string of the molecule is O=C(C[NH+](Cc1ccccc1F)C1CC1)Nc1cccc(Cl)c1Cl. The third-order valence-corrected chi connectivity index (χ3v) is 4.96. The maximum absolute atomic E-state index is 13.9. The van der Waals surface area contributed by atoms with Crippen LogP contribution in [0, 0.1) is 5.82 Å². The van der Waals surface area contributed by atoms with Crippen molar-refractivity contribution in [2.24, 2.45) is 0 Å². The fourth-order valence-electron chi connectivity index (χ4n) is 2.73. The monoisotopic (exact) mass is 367 g/mol. The first-order valence-electron chi connectivity index (χ1n) is 7.86. The van der Waals surface area contributed by atoms with Gasteiger partial charge in [-0.15, -0.1) is 0 Å². The molecular weight excluding hydrogens is 350 g/mol. The summed E-state index contributed by atoms with van der Waals surface area (Å²) in [5.41, 5.74) is 1.13. The van der Waals surface area contributed by atoms with Crippen LogP contribution in [-0.2, 0) is 11.3 Å². The van der Waals surface area contributed by atoms with Gasteiger partial charge in [0.25, 0.3) is 5.91 Å².